The molecule has 72 valence electrons. The molecular weight excluding hydrogens is 314 g/mol. The van der Waals surface area contributed by atoms with Crippen LogP contribution in [0.15, 0.2) is 6.07 Å². The maximum Gasteiger partial charge on any atom is 0.266 e. The fraction of sp³-hybridized carbons (Fsp3) is 0.286. The number of halogens is 4. The van der Waals surface area contributed by atoms with Crippen LogP contribution in [-0.4, -0.2) is 10.1 Å². The second kappa shape index (κ2) is 4.36. The zero-order valence-electron chi connectivity index (χ0n) is 6.27. The van der Waals surface area contributed by atoms with Crippen molar-refractivity contribution < 1.29 is 13.9 Å². The smallest absolute Gasteiger partial charge is 0.266 e. The van der Waals surface area contributed by atoms with Gasteiger partial charge in [-0.25, -0.2) is 13.8 Å². The predicted molar refractivity (Wildman–Crippen MR) is 53.1 cm³/mol. The molecule has 0 aliphatic rings. The topological polar surface area (TPSA) is 33.1 Å². The molecule has 0 fully saturated rings. The van der Waals surface area contributed by atoms with Gasteiger partial charge in [-0.3, -0.25) is 0 Å². The number of pyridine rings is 1. The van der Waals surface area contributed by atoms with Crippen LogP contribution >= 0.6 is 34.2 Å². The highest BCUT2D eigenvalue weighted by molar-refractivity contribution is 14.1. The summed E-state index contributed by atoms with van der Waals surface area (Å²) in [5.41, 5.74) is -0.0533. The van der Waals surface area contributed by atoms with E-state index in [2.05, 4.69) is 4.98 Å². The summed E-state index contributed by atoms with van der Waals surface area (Å²) in [4.78, 5) is 3.74. The predicted octanol–water partition coefficient (Wildman–Crippen LogP) is 3.07. The number of alkyl halides is 3. The van der Waals surface area contributed by atoms with Crippen molar-refractivity contribution in [2.45, 2.75) is 12.3 Å². The molecule has 13 heavy (non-hydrogen) atoms. The summed E-state index contributed by atoms with van der Waals surface area (Å²) in [7, 11) is 0. The molecule has 1 aromatic heterocycles. The van der Waals surface area contributed by atoms with E-state index in [-0.39, 0.29) is 26.6 Å². The fourth-order valence-electron chi connectivity index (χ4n) is 0.782. The van der Waals surface area contributed by atoms with Gasteiger partial charge in [0.2, 0.25) is 0 Å². The lowest BCUT2D eigenvalue weighted by atomic mass is 10.2. The highest BCUT2D eigenvalue weighted by Crippen LogP contribution is 2.28. The molecule has 0 bridgehead atoms. The molecule has 0 saturated carbocycles. The molecule has 0 aliphatic carbocycles. The summed E-state index contributed by atoms with van der Waals surface area (Å²) in [6.45, 7) is 0. The van der Waals surface area contributed by atoms with Crippen LogP contribution in [0.5, 0.6) is 5.75 Å². The third-order valence-electron chi connectivity index (χ3n) is 1.42. The summed E-state index contributed by atoms with van der Waals surface area (Å²) >= 11 is 7.10. The van der Waals surface area contributed by atoms with Crippen LogP contribution in [0.25, 0.3) is 0 Å². The standard InChI is InChI=1S/C7H5ClF2INO/c8-2-4-5(13)1-3(6(9)10)7(11)12-4/h1,6,13H,2H2. The first kappa shape index (κ1) is 10.9. The van der Waals surface area contributed by atoms with Crippen LogP contribution in [0.4, 0.5) is 8.78 Å². The van der Waals surface area contributed by atoms with Crippen LogP contribution < -0.4 is 0 Å². The molecular formula is C7H5ClF2INO. The maximum absolute atomic E-state index is 12.3. The monoisotopic (exact) mass is 319 g/mol. The fourth-order valence-corrected chi connectivity index (χ4v) is 1.66. The van der Waals surface area contributed by atoms with Gasteiger partial charge in [0.25, 0.3) is 6.43 Å². The van der Waals surface area contributed by atoms with Gasteiger partial charge in [-0.15, -0.1) is 11.6 Å². The molecule has 0 amide bonds. The second-order valence-corrected chi connectivity index (χ2v) is 3.56. The molecule has 1 aromatic rings. The Kier molecular flexibility index (Phi) is 3.66. The highest BCUT2D eigenvalue weighted by atomic mass is 127. The van der Waals surface area contributed by atoms with E-state index in [0.29, 0.717) is 0 Å². The molecule has 2 nitrogen and oxygen atoms in total. The van der Waals surface area contributed by atoms with Gasteiger partial charge in [0.15, 0.2) is 0 Å². The first-order valence-electron chi connectivity index (χ1n) is 3.28. The van der Waals surface area contributed by atoms with Gasteiger partial charge in [-0.2, -0.15) is 0 Å². The van der Waals surface area contributed by atoms with Crippen molar-refractivity contribution in [3.05, 3.63) is 21.0 Å². The van der Waals surface area contributed by atoms with Crippen LogP contribution in [-0.2, 0) is 5.88 Å². The van der Waals surface area contributed by atoms with Crippen molar-refractivity contribution in [2.75, 3.05) is 0 Å². The van der Waals surface area contributed by atoms with Crippen molar-refractivity contribution in [3.63, 3.8) is 0 Å². The van der Waals surface area contributed by atoms with E-state index in [1.165, 1.54) is 0 Å². The van der Waals surface area contributed by atoms with E-state index >= 15 is 0 Å². The third kappa shape index (κ3) is 2.40. The lowest BCUT2D eigenvalue weighted by Crippen LogP contribution is -1.97. The molecule has 0 radical (unpaired) electrons. The van der Waals surface area contributed by atoms with Crippen molar-refractivity contribution in [2.24, 2.45) is 0 Å². The Morgan fingerprint density at radius 1 is 1.62 bits per heavy atom. The molecule has 0 saturated heterocycles. The number of nitrogens with zero attached hydrogens (tertiary/aromatic N) is 1. The largest absolute Gasteiger partial charge is 0.506 e. The average Bonchev–Trinajstić information content (AvgIpc) is 2.07. The van der Waals surface area contributed by atoms with Gasteiger partial charge in [0.1, 0.15) is 9.45 Å². The minimum Gasteiger partial charge on any atom is -0.506 e. The molecule has 0 aromatic carbocycles. The molecule has 0 atom stereocenters. The summed E-state index contributed by atoms with van der Waals surface area (Å²) < 4.78 is 24.7. The molecule has 0 spiro atoms. The Bertz CT molecular complexity index is 322. The van der Waals surface area contributed by atoms with Gasteiger partial charge < -0.3 is 5.11 Å². The molecule has 0 aliphatic heterocycles. The lowest BCUT2D eigenvalue weighted by molar-refractivity contribution is 0.149. The van der Waals surface area contributed by atoms with Crippen LogP contribution in [0.1, 0.15) is 17.7 Å². The van der Waals surface area contributed by atoms with Crippen molar-refractivity contribution in [1.29, 1.82) is 0 Å². The summed E-state index contributed by atoms with van der Waals surface area (Å²) in [6, 6.07) is 0.997. The van der Waals surface area contributed by atoms with Crippen molar-refractivity contribution >= 4 is 34.2 Å². The third-order valence-corrected chi connectivity index (χ3v) is 2.54. The number of aromatic hydroxyl groups is 1. The molecule has 1 rings (SSSR count). The second-order valence-electron chi connectivity index (χ2n) is 2.27. The van der Waals surface area contributed by atoms with Gasteiger partial charge >= 0.3 is 0 Å². The number of aromatic nitrogens is 1. The van der Waals surface area contributed by atoms with Gasteiger partial charge in [-0.05, 0) is 28.7 Å². The van der Waals surface area contributed by atoms with Gasteiger partial charge in [0, 0.05) is 0 Å². The molecule has 1 N–H and O–H groups in total. The SMILES string of the molecule is Oc1cc(C(F)F)c(I)nc1CCl. The average molecular weight is 319 g/mol. The van der Waals surface area contributed by atoms with Crippen LogP contribution in [0.2, 0.25) is 0 Å². The minimum atomic E-state index is -2.63. The van der Waals surface area contributed by atoms with Crippen molar-refractivity contribution in [1.82, 2.24) is 4.98 Å². The molecule has 1 heterocycles. The highest BCUT2D eigenvalue weighted by Gasteiger charge is 2.15. The van der Waals surface area contributed by atoms with Crippen LogP contribution in [0, 0.1) is 3.70 Å². The van der Waals surface area contributed by atoms with E-state index in [9.17, 15) is 13.9 Å². The van der Waals surface area contributed by atoms with E-state index in [1.54, 1.807) is 22.6 Å². The zero-order chi connectivity index (χ0) is 10.0. The van der Waals surface area contributed by atoms with E-state index in [0.717, 1.165) is 6.07 Å². The Hall–Kier alpha value is -0.170. The Morgan fingerprint density at radius 2 is 2.23 bits per heavy atom. The molecule has 6 heteroatoms. The molecule has 0 unspecified atom stereocenters. The summed E-state index contributed by atoms with van der Waals surface area (Å²) in [5.74, 6) is -0.281. The lowest BCUT2D eigenvalue weighted by Gasteiger charge is -2.06. The summed E-state index contributed by atoms with van der Waals surface area (Å²) in [5, 5.41) is 9.18. The quantitative estimate of drug-likeness (QED) is 0.516. The number of hydrogen-bond donors (Lipinski definition) is 1. The number of rotatable bonds is 2. The van der Waals surface area contributed by atoms with E-state index in [4.69, 9.17) is 11.6 Å². The Morgan fingerprint density at radius 3 is 2.69 bits per heavy atom. The first-order chi connectivity index (χ1) is 6.06. The van der Waals surface area contributed by atoms with E-state index < -0.39 is 6.43 Å². The first-order valence-corrected chi connectivity index (χ1v) is 4.90. The maximum atomic E-state index is 12.3. The normalized spacial score (nSPS) is 10.8. The van der Waals surface area contributed by atoms with Crippen LogP contribution in [0.3, 0.4) is 0 Å². The van der Waals surface area contributed by atoms with Gasteiger partial charge in [-0.1, -0.05) is 0 Å². The minimum absolute atomic E-state index is 0.00531. The number of hydrogen-bond acceptors (Lipinski definition) is 2. The Balaban J connectivity index is 3.20. The van der Waals surface area contributed by atoms with E-state index in [1.807, 2.05) is 0 Å². The summed E-state index contributed by atoms with van der Waals surface area (Å²) in [6.07, 6.45) is -2.63. The van der Waals surface area contributed by atoms with Crippen molar-refractivity contribution in [3.8, 4) is 5.75 Å². The van der Waals surface area contributed by atoms with Gasteiger partial charge in [0.05, 0.1) is 17.1 Å². The zero-order valence-corrected chi connectivity index (χ0v) is 9.18. The Labute approximate surface area is 92.1 Å².